The molecule has 2 fully saturated rings. The Hall–Kier alpha value is -3.61. The zero-order valence-corrected chi connectivity index (χ0v) is 20.4. The van der Waals surface area contributed by atoms with Crippen LogP contribution in [0, 0.1) is 23.4 Å². The topological polar surface area (TPSA) is 100 Å². The van der Waals surface area contributed by atoms with Crippen LogP contribution in [0.5, 0.6) is 0 Å². The quantitative estimate of drug-likeness (QED) is 0.627. The lowest BCUT2D eigenvalue weighted by atomic mass is 9.99. The van der Waals surface area contributed by atoms with Gasteiger partial charge in [0.25, 0.3) is 0 Å². The van der Waals surface area contributed by atoms with Gasteiger partial charge in [0.2, 0.25) is 11.8 Å². The number of aromatic nitrogens is 2. The zero-order valence-electron chi connectivity index (χ0n) is 20.4. The molecular weight excluding hydrogens is 493 g/mol. The first kappa shape index (κ1) is 25.1. The van der Waals surface area contributed by atoms with Crippen LogP contribution in [-0.4, -0.2) is 75.8 Å². The van der Waals surface area contributed by atoms with E-state index in [9.17, 15) is 27.6 Å². The van der Waals surface area contributed by atoms with Gasteiger partial charge in [0, 0.05) is 43.4 Å². The minimum atomic E-state index is -1.62. The Morgan fingerprint density at radius 1 is 1.11 bits per heavy atom. The highest BCUT2D eigenvalue weighted by Gasteiger charge is 2.45. The van der Waals surface area contributed by atoms with Crippen molar-refractivity contribution in [3.8, 4) is 0 Å². The van der Waals surface area contributed by atoms with Crippen molar-refractivity contribution in [1.29, 1.82) is 0 Å². The summed E-state index contributed by atoms with van der Waals surface area (Å²) in [6.45, 7) is 5.91. The fourth-order valence-corrected chi connectivity index (χ4v) is 5.21. The van der Waals surface area contributed by atoms with Gasteiger partial charge in [0.15, 0.2) is 17.5 Å². The van der Waals surface area contributed by atoms with Gasteiger partial charge in [-0.2, -0.15) is 5.10 Å². The van der Waals surface area contributed by atoms with Crippen molar-refractivity contribution in [2.45, 2.75) is 45.4 Å². The number of nitrogens with one attached hydrogen (secondary N) is 1. The van der Waals surface area contributed by atoms with E-state index in [0.717, 1.165) is 0 Å². The number of benzene rings is 1. The predicted octanol–water partition coefficient (Wildman–Crippen LogP) is 2.34. The van der Waals surface area contributed by atoms with Gasteiger partial charge < -0.3 is 24.8 Å². The van der Waals surface area contributed by atoms with Crippen molar-refractivity contribution in [1.82, 2.24) is 19.6 Å². The first-order valence-electron chi connectivity index (χ1n) is 12.1. The Balaban J connectivity index is 1.35. The molecule has 10 nitrogen and oxygen atoms in total. The number of morpholine rings is 1. The van der Waals surface area contributed by atoms with E-state index in [4.69, 9.17) is 4.74 Å². The Bertz CT molecular complexity index is 1220. The maximum atomic E-state index is 13.6. The number of halogens is 3. The molecule has 1 aromatic heterocycles. The van der Waals surface area contributed by atoms with Crippen molar-refractivity contribution in [2.24, 2.45) is 5.92 Å². The predicted molar refractivity (Wildman–Crippen MR) is 125 cm³/mol. The molecule has 37 heavy (non-hydrogen) atoms. The molecule has 0 aliphatic carbocycles. The third kappa shape index (κ3) is 4.52. The highest BCUT2D eigenvalue weighted by atomic mass is 19.2. The number of carbonyl (C=O) groups excluding carboxylic acids is 3. The molecule has 1 aromatic carbocycles. The first-order chi connectivity index (χ1) is 17.7. The van der Waals surface area contributed by atoms with Gasteiger partial charge in [0.05, 0.1) is 55.8 Å². The fraction of sp³-hybridized carbons (Fsp3) is 0.500. The Morgan fingerprint density at radius 3 is 2.46 bits per heavy atom. The minimum Gasteiger partial charge on any atom is -0.378 e. The molecule has 0 bridgehead atoms. The average Bonchev–Trinajstić information content (AvgIpc) is 3.40. The van der Waals surface area contributed by atoms with Crippen molar-refractivity contribution >= 4 is 29.2 Å². The minimum absolute atomic E-state index is 0.0626. The Morgan fingerprint density at radius 2 is 1.78 bits per heavy atom. The van der Waals surface area contributed by atoms with E-state index in [1.165, 1.54) is 4.90 Å². The van der Waals surface area contributed by atoms with Crippen LogP contribution in [-0.2, 0) is 27.4 Å². The lowest BCUT2D eigenvalue weighted by Crippen LogP contribution is -2.48. The number of amides is 4. The van der Waals surface area contributed by atoms with Gasteiger partial charge in [-0.1, -0.05) is 0 Å². The summed E-state index contributed by atoms with van der Waals surface area (Å²) in [5.41, 5.74) is 0.892. The molecule has 13 heteroatoms. The smallest absolute Gasteiger partial charge is 0.322 e. The van der Waals surface area contributed by atoms with E-state index in [1.807, 2.05) is 6.92 Å². The van der Waals surface area contributed by atoms with Crippen molar-refractivity contribution < 1.29 is 32.3 Å². The van der Waals surface area contributed by atoms with Crippen LogP contribution in [0.25, 0.3) is 0 Å². The molecule has 4 amide bonds. The number of anilines is 2. The lowest BCUT2D eigenvalue weighted by molar-refractivity contribution is -0.140. The number of nitrogens with zero attached hydrogens (tertiary/aromatic N) is 5. The second kappa shape index (κ2) is 9.69. The third-order valence-electron chi connectivity index (χ3n) is 7.26. The molecule has 0 spiro atoms. The number of rotatable bonds is 3. The van der Waals surface area contributed by atoms with E-state index in [0.29, 0.717) is 56.4 Å². The number of hydrogen-bond donors (Lipinski definition) is 1. The van der Waals surface area contributed by atoms with Crippen LogP contribution in [0.3, 0.4) is 0 Å². The highest BCUT2D eigenvalue weighted by Crippen LogP contribution is 2.36. The van der Waals surface area contributed by atoms with Crippen LogP contribution >= 0.6 is 0 Å². The standard InChI is InChI=1S/C24H27F3N6O4/c1-13-11-32-20(12-31(13)24(36)29-15-7-17(25)22(27)18(26)8-15)19(10-28-32)33-14(2)16(9-21(33)34)23(35)30-3-5-37-6-4-30/h7-8,10,13-14,16H,3-6,9,11-12H2,1-2H3,(H,29,36)/t13-,14-,16-/m0/s1. The number of hydrogen-bond acceptors (Lipinski definition) is 5. The summed E-state index contributed by atoms with van der Waals surface area (Å²) < 4.78 is 47.5. The van der Waals surface area contributed by atoms with Gasteiger partial charge in [-0.05, 0) is 13.8 Å². The molecule has 198 valence electrons. The summed E-state index contributed by atoms with van der Waals surface area (Å²) in [6, 6.07) is 0.0203. The van der Waals surface area contributed by atoms with Gasteiger partial charge in [-0.15, -0.1) is 0 Å². The van der Waals surface area contributed by atoms with Gasteiger partial charge in [-0.3, -0.25) is 14.3 Å². The summed E-state index contributed by atoms with van der Waals surface area (Å²) in [5.74, 6) is -5.24. The van der Waals surface area contributed by atoms with Crippen molar-refractivity contribution in [3.05, 3.63) is 41.5 Å². The van der Waals surface area contributed by atoms with Crippen LogP contribution < -0.4 is 10.2 Å². The van der Waals surface area contributed by atoms with Gasteiger partial charge in [-0.25, -0.2) is 18.0 Å². The van der Waals surface area contributed by atoms with Crippen LogP contribution in [0.2, 0.25) is 0 Å². The Labute approximate surface area is 210 Å². The molecule has 2 saturated heterocycles. The summed E-state index contributed by atoms with van der Waals surface area (Å²) >= 11 is 0. The van der Waals surface area contributed by atoms with Gasteiger partial charge >= 0.3 is 6.03 Å². The zero-order chi connectivity index (χ0) is 26.4. The Kier molecular flexibility index (Phi) is 6.56. The molecule has 0 unspecified atom stereocenters. The molecule has 3 atom stereocenters. The van der Waals surface area contributed by atoms with Crippen LogP contribution in [0.4, 0.5) is 29.3 Å². The molecular formula is C24H27F3N6O4. The van der Waals surface area contributed by atoms with E-state index in [-0.39, 0.29) is 36.5 Å². The highest BCUT2D eigenvalue weighted by molar-refractivity contribution is 6.01. The second-order valence-corrected chi connectivity index (χ2v) is 9.57. The molecule has 3 aliphatic heterocycles. The normalized spacial score (nSPS) is 23.9. The summed E-state index contributed by atoms with van der Waals surface area (Å²) in [6.07, 6.45) is 1.63. The maximum Gasteiger partial charge on any atom is 0.322 e. The number of urea groups is 1. The van der Waals surface area contributed by atoms with E-state index in [1.54, 1.807) is 27.6 Å². The molecule has 0 saturated carbocycles. The fourth-order valence-electron chi connectivity index (χ4n) is 5.21. The van der Waals surface area contributed by atoms with Gasteiger partial charge in [0.1, 0.15) is 0 Å². The maximum absolute atomic E-state index is 13.6. The van der Waals surface area contributed by atoms with Crippen molar-refractivity contribution in [2.75, 3.05) is 36.5 Å². The molecule has 4 heterocycles. The monoisotopic (exact) mass is 520 g/mol. The molecule has 0 radical (unpaired) electrons. The third-order valence-corrected chi connectivity index (χ3v) is 7.26. The van der Waals surface area contributed by atoms with Crippen molar-refractivity contribution in [3.63, 3.8) is 0 Å². The van der Waals surface area contributed by atoms with E-state index in [2.05, 4.69) is 10.4 Å². The molecule has 1 N–H and O–H groups in total. The summed E-state index contributed by atoms with van der Waals surface area (Å²) in [4.78, 5) is 43.9. The average molecular weight is 521 g/mol. The lowest BCUT2D eigenvalue weighted by Gasteiger charge is -2.35. The molecule has 3 aliphatic rings. The second-order valence-electron chi connectivity index (χ2n) is 9.57. The number of ether oxygens (including phenoxy) is 1. The van der Waals surface area contributed by atoms with E-state index >= 15 is 0 Å². The van der Waals surface area contributed by atoms with Crippen LogP contribution in [0.15, 0.2) is 18.3 Å². The summed E-state index contributed by atoms with van der Waals surface area (Å²) in [7, 11) is 0. The number of fused-ring (bicyclic) bond motifs is 1. The first-order valence-corrected chi connectivity index (χ1v) is 12.1. The number of carbonyl (C=O) groups is 3. The SMILES string of the molecule is C[C@H]1Cn2ncc(N3C(=O)C[C@H](C(=O)N4CCOCC4)[C@@H]3C)c2CN1C(=O)Nc1cc(F)c(F)c(F)c1. The van der Waals surface area contributed by atoms with Crippen LogP contribution in [0.1, 0.15) is 26.0 Å². The van der Waals surface area contributed by atoms with E-state index < -0.39 is 35.4 Å². The molecule has 2 aromatic rings. The largest absolute Gasteiger partial charge is 0.378 e. The molecule has 5 rings (SSSR count). The summed E-state index contributed by atoms with van der Waals surface area (Å²) in [5, 5.41) is 6.81.